The molecule has 1 atom stereocenters. The molecule has 0 bridgehead atoms. The van der Waals surface area contributed by atoms with Gasteiger partial charge in [-0.15, -0.1) is 0 Å². The van der Waals surface area contributed by atoms with Gasteiger partial charge in [0.25, 0.3) is 0 Å². The predicted octanol–water partition coefficient (Wildman–Crippen LogP) is 2.71. The molecule has 0 saturated carbocycles. The first-order valence-electron chi connectivity index (χ1n) is 5.67. The molecule has 1 aromatic carbocycles. The van der Waals surface area contributed by atoms with Crippen molar-refractivity contribution in [2.24, 2.45) is 0 Å². The second-order valence-electron chi connectivity index (χ2n) is 4.06. The number of rotatable bonds is 3. The Morgan fingerprint density at radius 2 is 2.00 bits per heavy atom. The Morgan fingerprint density at radius 3 is 2.67 bits per heavy atom. The lowest BCUT2D eigenvalue weighted by atomic mass is 10.1. The van der Waals surface area contributed by atoms with Gasteiger partial charge in [-0.05, 0) is 42.8 Å². The Balaban J connectivity index is 2.22. The van der Waals surface area contributed by atoms with Crippen molar-refractivity contribution in [1.82, 2.24) is 4.98 Å². The zero-order chi connectivity index (χ0) is 13.0. The van der Waals surface area contributed by atoms with Gasteiger partial charge in [0.15, 0.2) is 0 Å². The van der Waals surface area contributed by atoms with E-state index in [0.29, 0.717) is 11.3 Å². The molecular weight excluding hydrogens is 224 g/mol. The van der Waals surface area contributed by atoms with E-state index in [0.717, 1.165) is 11.3 Å². The van der Waals surface area contributed by atoms with Crippen LogP contribution < -0.4 is 11.1 Å². The molecule has 90 valence electrons. The van der Waals surface area contributed by atoms with Crippen LogP contribution in [0.4, 0.5) is 11.4 Å². The number of nitrogens with zero attached hydrogens (tertiary/aromatic N) is 2. The van der Waals surface area contributed by atoms with E-state index in [4.69, 9.17) is 11.0 Å². The molecule has 4 heteroatoms. The Labute approximate surface area is 106 Å². The lowest BCUT2D eigenvalue weighted by molar-refractivity contribution is 0.880. The fourth-order valence-electron chi connectivity index (χ4n) is 1.75. The van der Waals surface area contributed by atoms with Crippen molar-refractivity contribution in [3.8, 4) is 6.07 Å². The highest BCUT2D eigenvalue weighted by molar-refractivity contribution is 5.63. The molecule has 0 fully saturated rings. The maximum absolute atomic E-state index is 9.07. The number of pyridine rings is 1. The van der Waals surface area contributed by atoms with Gasteiger partial charge < -0.3 is 11.1 Å². The number of nitrogen functional groups attached to an aromatic ring is 1. The summed E-state index contributed by atoms with van der Waals surface area (Å²) in [6.45, 7) is 2.03. The number of anilines is 2. The second kappa shape index (κ2) is 5.19. The van der Waals surface area contributed by atoms with E-state index in [1.807, 2.05) is 25.1 Å². The van der Waals surface area contributed by atoms with Crippen molar-refractivity contribution >= 4 is 11.4 Å². The summed E-state index contributed by atoms with van der Waals surface area (Å²) in [7, 11) is 0. The van der Waals surface area contributed by atoms with E-state index in [1.165, 1.54) is 0 Å². The number of benzene rings is 1. The molecule has 1 aromatic heterocycles. The Morgan fingerprint density at radius 1 is 1.28 bits per heavy atom. The van der Waals surface area contributed by atoms with Crippen LogP contribution in [0.15, 0.2) is 42.7 Å². The van der Waals surface area contributed by atoms with E-state index in [1.54, 1.807) is 24.5 Å². The highest BCUT2D eigenvalue weighted by Gasteiger charge is 2.08. The molecule has 18 heavy (non-hydrogen) atoms. The average Bonchev–Trinajstić information content (AvgIpc) is 2.41. The summed E-state index contributed by atoms with van der Waals surface area (Å²) < 4.78 is 0. The molecule has 1 heterocycles. The van der Waals surface area contributed by atoms with Crippen LogP contribution in [-0.2, 0) is 0 Å². The fourth-order valence-corrected chi connectivity index (χ4v) is 1.75. The summed E-state index contributed by atoms with van der Waals surface area (Å²) in [5.74, 6) is 0. The molecule has 4 nitrogen and oxygen atoms in total. The third kappa shape index (κ3) is 2.58. The van der Waals surface area contributed by atoms with Crippen molar-refractivity contribution in [3.05, 3.63) is 53.9 Å². The van der Waals surface area contributed by atoms with Crippen molar-refractivity contribution in [2.45, 2.75) is 13.0 Å². The molecule has 0 amide bonds. The average molecular weight is 238 g/mol. The summed E-state index contributed by atoms with van der Waals surface area (Å²) in [5, 5.41) is 12.4. The Kier molecular flexibility index (Phi) is 3.44. The number of hydrogen-bond acceptors (Lipinski definition) is 4. The van der Waals surface area contributed by atoms with Gasteiger partial charge in [-0.1, -0.05) is 0 Å². The minimum atomic E-state index is 0.101. The standard InChI is InChI=1S/C14H14N4/c1-10(11-4-6-17-7-5-11)18-14-3-2-13(16)8-12(14)9-15/h2-8,10,18H,16H2,1H3. The smallest absolute Gasteiger partial charge is 0.101 e. The zero-order valence-corrected chi connectivity index (χ0v) is 10.1. The summed E-state index contributed by atoms with van der Waals surface area (Å²) in [4.78, 5) is 3.98. The molecular formula is C14H14N4. The van der Waals surface area contributed by atoms with Gasteiger partial charge >= 0.3 is 0 Å². The first kappa shape index (κ1) is 11.9. The molecule has 0 spiro atoms. The van der Waals surface area contributed by atoms with Crippen LogP contribution in [0.3, 0.4) is 0 Å². The van der Waals surface area contributed by atoms with Gasteiger partial charge in [-0.3, -0.25) is 4.98 Å². The summed E-state index contributed by atoms with van der Waals surface area (Å²) >= 11 is 0. The topological polar surface area (TPSA) is 74.7 Å². The number of nitrogens with two attached hydrogens (primary N) is 1. The number of aromatic nitrogens is 1. The van der Waals surface area contributed by atoms with Gasteiger partial charge in [0.05, 0.1) is 11.3 Å². The predicted molar refractivity (Wildman–Crippen MR) is 71.8 cm³/mol. The van der Waals surface area contributed by atoms with Crippen molar-refractivity contribution in [2.75, 3.05) is 11.1 Å². The Bertz CT molecular complexity index is 572. The van der Waals surface area contributed by atoms with E-state index in [-0.39, 0.29) is 6.04 Å². The van der Waals surface area contributed by atoms with E-state index in [9.17, 15) is 0 Å². The largest absolute Gasteiger partial charge is 0.399 e. The van der Waals surface area contributed by atoms with Gasteiger partial charge in [0, 0.05) is 24.1 Å². The molecule has 0 saturated heterocycles. The van der Waals surface area contributed by atoms with Crippen LogP contribution >= 0.6 is 0 Å². The van der Waals surface area contributed by atoms with E-state index >= 15 is 0 Å². The first-order chi connectivity index (χ1) is 8.70. The van der Waals surface area contributed by atoms with E-state index in [2.05, 4.69) is 16.4 Å². The van der Waals surface area contributed by atoms with Crippen LogP contribution in [0.1, 0.15) is 24.1 Å². The van der Waals surface area contributed by atoms with Crippen LogP contribution in [0.25, 0.3) is 0 Å². The highest BCUT2D eigenvalue weighted by Crippen LogP contribution is 2.23. The first-order valence-corrected chi connectivity index (χ1v) is 5.67. The van der Waals surface area contributed by atoms with Crippen LogP contribution in [0, 0.1) is 11.3 Å². The van der Waals surface area contributed by atoms with Gasteiger partial charge in [-0.2, -0.15) is 5.26 Å². The minimum Gasteiger partial charge on any atom is -0.399 e. The third-order valence-electron chi connectivity index (χ3n) is 2.74. The minimum absolute atomic E-state index is 0.101. The van der Waals surface area contributed by atoms with Crippen molar-refractivity contribution in [3.63, 3.8) is 0 Å². The maximum atomic E-state index is 9.07. The van der Waals surface area contributed by atoms with Crippen molar-refractivity contribution in [1.29, 1.82) is 5.26 Å². The zero-order valence-electron chi connectivity index (χ0n) is 10.1. The SMILES string of the molecule is CC(Nc1ccc(N)cc1C#N)c1ccncc1. The fraction of sp³-hybridized carbons (Fsp3) is 0.143. The summed E-state index contributed by atoms with van der Waals surface area (Å²) in [5.41, 5.74) is 8.71. The number of nitrogens with one attached hydrogen (secondary N) is 1. The van der Waals surface area contributed by atoms with Gasteiger partial charge in [0.2, 0.25) is 0 Å². The molecule has 0 aliphatic carbocycles. The molecule has 0 aliphatic heterocycles. The summed E-state index contributed by atoms with van der Waals surface area (Å²) in [6, 6.07) is 11.4. The van der Waals surface area contributed by atoms with Gasteiger partial charge in [-0.25, -0.2) is 0 Å². The molecule has 0 aliphatic rings. The molecule has 2 rings (SSSR count). The monoisotopic (exact) mass is 238 g/mol. The molecule has 2 aromatic rings. The maximum Gasteiger partial charge on any atom is 0.101 e. The highest BCUT2D eigenvalue weighted by atomic mass is 14.9. The third-order valence-corrected chi connectivity index (χ3v) is 2.74. The second-order valence-corrected chi connectivity index (χ2v) is 4.06. The lowest BCUT2D eigenvalue weighted by Crippen LogP contribution is -2.08. The molecule has 1 unspecified atom stereocenters. The summed E-state index contributed by atoms with van der Waals surface area (Å²) in [6.07, 6.45) is 3.50. The van der Waals surface area contributed by atoms with Crippen LogP contribution in [0.5, 0.6) is 0 Å². The quantitative estimate of drug-likeness (QED) is 0.806. The molecule has 0 radical (unpaired) electrons. The van der Waals surface area contributed by atoms with Crippen LogP contribution in [-0.4, -0.2) is 4.98 Å². The number of hydrogen-bond donors (Lipinski definition) is 2. The normalized spacial score (nSPS) is 11.6. The number of nitriles is 1. The Hall–Kier alpha value is -2.54. The van der Waals surface area contributed by atoms with Crippen LogP contribution in [0.2, 0.25) is 0 Å². The lowest BCUT2D eigenvalue weighted by Gasteiger charge is -2.16. The molecule has 3 N–H and O–H groups in total. The van der Waals surface area contributed by atoms with E-state index < -0.39 is 0 Å². The van der Waals surface area contributed by atoms with Crippen molar-refractivity contribution < 1.29 is 0 Å². The van der Waals surface area contributed by atoms with Gasteiger partial charge in [0.1, 0.15) is 6.07 Å².